The summed E-state index contributed by atoms with van der Waals surface area (Å²) in [6.07, 6.45) is 0.490. The van der Waals surface area contributed by atoms with Gasteiger partial charge in [-0.05, 0) is 31.5 Å². The molecule has 0 aliphatic carbocycles. The topological polar surface area (TPSA) is 72.9 Å². The monoisotopic (exact) mass is 305 g/mol. The maximum atomic E-state index is 12.3. The second kappa shape index (κ2) is 6.60. The number of esters is 1. The predicted molar refractivity (Wildman–Crippen MR) is 80.1 cm³/mol. The van der Waals surface area contributed by atoms with Gasteiger partial charge in [0.15, 0.2) is 11.9 Å². The number of nitrogens with zero attached hydrogens (tertiary/aromatic N) is 1. The summed E-state index contributed by atoms with van der Waals surface area (Å²) in [5.74, 6) is -0.393. The summed E-state index contributed by atoms with van der Waals surface area (Å²) in [4.78, 5) is 37.1. The van der Waals surface area contributed by atoms with Crippen LogP contribution in [-0.4, -0.2) is 37.4 Å². The molecule has 1 aromatic carbocycles. The van der Waals surface area contributed by atoms with E-state index in [2.05, 4.69) is 4.74 Å². The van der Waals surface area contributed by atoms with Crippen molar-refractivity contribution in [3.05, 3.63) is 23.8 Å². The second-order valence-corrected chi connectivity index (χ2v) is 5.12. The van der Waals surface area contributed by atoms with Crippen molar-refractivity contribution in [1.82, 2.24) is 0 Å². The highest BCUT2D eigenvalue weighted by molar-refractivity contribution is 6.05. The number of hydrogen-bond donors (Lipinski definition) is 0. The van der Waals surface area contributed by atoms with Crippen LogP contribution in [0, 0.1) is 0 Å². The number of Topliss-reactive ketones (excluding diaryl/α,β-unsaturated/α-hetero) is 1. The Hall–Kier alpha value is -2.37. The minimum absolute atomic E-state index is 0.00520. The van der Waals surface area contributed by atoms with Crippen LogP contribution >= 0.6 is 0 Å². The van der Waals surface area contributed by atoms with Crippen LogP contribution in [0.25, 0.3) is 0 Å². The Morgan fingerprint density at radius 1 is 1.36 bits per heavy atom. The number of amides is 1. The van der Waals surface area contributed by atoms with Crippen LogP contribution in [0.5, 0.6) is 5.75 Å². The van der Waals surface area contributed by atoms with Gasteiger partial charge in [0.1, 0.15) is 12.3 Å². The number of methoxy groups -OCH3 is 1. The Morgan fingerprint density at radius 3 is 2.73 bits per heavy atom. The van der Waals surface area contributed by atoms with E-state index in [-0.39, 0.29) is 18.2 Å². The van der Waals surface area contributed by atoms with Gasteiger partial charge in [-0.25, -0.2) is 0 Å². The molecule has 0 spiro atoms. The first kappa shape index (κ1) is 16.0. The van der Waals surface area contributed by atoms with E-state index >= 15 is 0 Å². The molecule has 0 N–H and O–H groups in total. The normalized spacial score (nSPS) is 16.8. The van der Waals surface area contributed by atoms with Gasteiger partial charge in [0, 0.05) is 12.0 Å². The Labute approximate surface area is 129 Å². The molecule has 1 aliphatic heterocycles. The number of ether oxygens (including phenoxy) is 2. The lowest BCUT2D eigenvalue weighted by atomic mass is 10.0. The lowest BCUT2D eigenvalue weighted by molar-refractivity contribution is -0.140. The van der Waals surface area contributed by atoms with Crippen LogP contribution in [0.2, 0.25) is 0 Å². The summed E-state index contributed by atoms with van der Waals surface area (Å²) in [5, 5.41) is 0. The number of ketones is 1. The zero-order valence-electron chi connectivity index (χ0n) is 12.9. The maximum absolute atomic E-state index is 12.3. The Kier molecular flexibility index (Phi) is 4.80. The Morgan fingerprint density at radius 2 is 2.09 bits per heavy atom. The van der Waals surface area contributed by atoms with E-state index in [1.54, 1.807) is 25.1 Å². The number of benzene rings is 1. The summed E-state index contributed by atoms with van der Waals surface area (Å²) in [6, 6.07) is 4.93. The minimum atomic E-state index is -0.686. The minimum Gasteiger partial charge on any atom is -0.479 e. The van der Waals surface area contributed by atoms with Crippen molar-refractivity contribution >= 4 is 23.3 Å². The van der Waals surface area contributed by atoms with E-state index in [1.807, 2.05) is 6.92 Å². The zero-order chi connectivity index (χ0) is 16.3. The van der Waals surface area contributed by atoms with Crippen molar-refractivity contribution in [3.63, 3.8) is 0 Å². The highest BCUT2D eigenvalue weighted by atomic mass is 16.5. The number of hydrogen-bond acceptors (Lipinski definition) is 5. The largest absolute Gasteiger partial charge is 0.479 e. The second-order valence-electron chi connectivity index (χ2n) is 5.12. The van der Waals surface area contributed by atoms with Crippen LogP contribution < -0.4 is 9.64 Å². The molecule has 2 rings (SSSR count). The lowest BCUT2D eigenvalue weighted by Crippen LogP contribution is -2.47. The van der Waals surface area contributed by atoms with Crippen molar-refractivity contribution < 1.29 is 23.9 Å². The molecule has 1 heterocycles. The van der Waals surface area contributed by atoms with Gasteiger partial charge >= 0.3 is 5.97 Å². The Bertz CT molecular complexity index is 611. The standard InChI is InChI=1S/C16H19NO5/c1-4-5-13(18)11-6-7-14-12(8-11)17(9-15(19)21-3)16(20)10(2)22-14/h6-8,10H,4-5,9H2,1-3H3. The molecule has 0 saturated carbocycles. The molecular weight excluding hydrogens is 286 g/mol. The molecule has 118 valence electrons. The fourth-order valence-corrected chi connectivity index (χ4v) is 2.31. The van der Waals surface area contributed by atoms with E-state index in [1.165, 1.54) is 12.0 Å². The third kappa shape index (κ3) is 3.10. The van der Waals surface area contributed by atoms with Crippen LogP contribution in [-0.2, 0) is 14.3 Å². The third-order valence-corrected chi connectivity index (χ3v) is 3.48. The van der Waals surface area contributed by atoms with Gasteiger partial charge in [-0.2, -0.15) is 0 Å². The van der Waals surface area contributed by atoms with Crippen LogP contribution in [0.4, 0.5) is 5.69 Å². The average Bonchev–Trinajstić information content (AvgIpc) is 2.51. The highest BCUT2D eigenvalue weighted by Crippen LogP contribution is 2.35. The highest BCUT2D eigenvalue weighted by Gasteiger charge is 2.33. The number of anilines is 1. The molecule has 22 heavy (non-hydrogen) atoms. The summed E-state index contributed by atoms with van der Waals surface area (Å²) < 4.78 is 10.2. The number of fused-ring (bicyclic) bond motifs is 1. The van der Waals surface area contributed by atoms with Crippen molar-refractivity contribution in [2.24, 2.45) is 0 Å². The number of carbonyl (C=O) groups is 3. The molecule has 6 heteroatoms. The lowest BCUT2D eigenvalue weighted by Gasteiger charge is -2.32. The molecule has 0 radical (unpaired) electrons. The fourth-order valence-electron chi connectivity index (χ4n) is 2.31. The molecule has 1 aromatic rings. The van der Waals surface area contributed by atoms with E-state index in [0.29, 0.717) is 23.4 Å². The number of carbonyl (C=O) groups excluding carboxylic acids is 3. The first-order valence-electron chi connectivity index (χ1n) is 7.20. The molecule has 6 nitrogen and oxygen atoms in total. The molecule has 1 amide bonds. The maximum Gasteiger partial charge on any atom is 0.325 e. The van der Waals surface area contributed by atoms with Crippen molar-refractivity contribution in [1.29, 1.82) is 0 Å². The quantitative estimate of drug-likeness (QED) is 0.614. The van der Waals surface area contributed by atoms with Crippen LogP contribution in [0.3, 0.4) is 0 Å². The average molecular weight is 305 g/mol. The van der Waals surface area contributed by atoms with Crippen molar-refractivity contribution in [2.45, 2.75) is 32.8 Å². The van der Waals surface area contributed by atoms with Gasteiger partial charge in [0.05, 0.1) is 12.8 Å². The molecule has 0 aromatic heterocycles. The van der Waals surface area contributed by atoms with Crippen LogP contribution in [0.1, 0.15) is 37.0 Å². The molecular formula is C16H19NO5. The van der Waals surface area contributed by atoms with Gasteiger partial charge < -0.3 is 9.47 Å². The predicted octanol–water partition coefficient (Wildman–Crippen LogP) is 1.96. The summed E-state index contributed by atoms with van der Waals surface area (Å²) in [6.45, 7) is 3.33. The third-order valence-electron chi connectivity index (χ3n) is 3.48. The van der Waals surface area contributed by atoms with Gasteiger partial charge in [0.2, 0.25) is 0 Å². The van der Waals surface area contributed by atoms with Gasteiger partial charge in [-0.3, -0.25) is 19.3 Å². The number of rotatable bonds is 5. The summed E-state index contributed by atoms with van der Waals surface area (Å²) in [5.41, 5.74) is 0.928. The molecule has 1 atom stereocenters. The summed E-state index contributed by atoms with van der Waals surface area (Å²) >= 11 is 0. The molecule has 1 aliphatic rings. The first-order chi connectivity index (χ1) is 10.5. The van der Waals surface area contributed by atoms with E-state index in [4.69, 9.17) is 4.74 Å². The van der Waals surface area contributed by atoms with Gasteiger partial charge in [0.25, 0.3) is 5.91 Å². The zero-order valence-corrected chi connectivity index (χ0v) is 12.9. The molecule has 0 saturated heterocycles. The van der Waals surface area contributed by atoms with Gasteiger partial charge in [-0.15, -0.1) is 0 Å². The van der Waals surface area contributed by atoms with E-state index < -0.39 is 12.1 Å². The smallest absolute Gasteiger partial charge is 0.325 e. The first-order valence-corrected chi connectivity index (χ1v) is 7.20. The van der Waals surface area contributed by atoms with Gasteiger partial charge in [-0.1, -0.05) is 6.92 Å². The molecule has 1 unspecified atom stereocenters. The SMILES string of the molecule is CCCC(=O)c1ccc2c(c1)N(CC(=O)OC)C(=O)C(C)O2. The summed E-state index contributed by atoms with van der Waals surface area (Å²) in [7, 11) is 1.26. The van der Waals surface area contributed by atoms with E-state index in [0.717, 1.165) is 6.42 Å². The Balaban J connectivity index is 2.40. The van der Waals surface area contributed by atoms with E-state index in [9.17, 15) is 14.4 Å². The van der Waals surface area contributed by atoms with Crippen LogP contribution in [0.15, 0.2) is 18.2 Å². The van der Waals surface area contributed by atoms with Crippen molar-refractivity contribution in [3.8, 4) is 5.75 Å². The molecule has 0 bridgehead atoms. The van der Waals surface area contributed by atoms with Crippen molar-refractivity contribution in [2.75, 3.05) is 18.6 Å². The fraction of sp³-hybridized carbons (Fsp3) is 0.438. The molecule has 0 fully saturated rings.